The van der Waals surface area contributed by atoms with Crippen LogP contribution in [0.15, 0.2) is 66.9 Å². The molecule has 29 heavy (non-hydrogen) atoms. The number of ether oxygens (including phenoxy) is 1. The predicted molar refractivity (Wildman–Crippen MR) is 109 cm³/mol. The largest absolute Gasteiger partial charge is 0.465 e. The van der Waals surface area contributed by atoms with Crippen LogP contribution in [0, 0.1) is 5.82 Å². The zero-order valence-electron chi connectivity index (χ0n) is 15.8. The van der Waals surface area contributed by atoms with E-state index >= 15 is 0 Å². The lowest BCUT2D eigenvalue weighted by Crippen LogP contribution is -2.14. The van der Waals surface area contributed by atoms with Crippen LogP contribution in [-0.4, -0.2) is 30.5 Å². The molecule has 0 spiro atoms. The second kappa shape index (κ2) is 9.45. The molecule has 0 aliphatic heterocycles. The standard InChI is InChI=1S/C22H20FN3O3/c1-29-22(28)16-4-8-18(9-5-16)26-21(27)20-14-19(11-13-25-20)24-12-10-15-2-6-17(23)7-3-15/h2-9,11,13-14H,10,12H2,1H3,(H,24,25)(H,26,27). The molecule has 0 aliphatic rings. The lowest BCUT2D eigenvalue weighted by atomic mass is 10.1. The molecule has 7 heteroatoms. The minimum absolute atomic E-state index is 0.258. The number of nitrogens with zero attached hydrogens (tertiary/aromatic N) is 1. The van der Waals surface area contributed by atoms with Crippen LogP contribution in [-0.2, 0) is 11.2 Å². The zero-order valence-corrected chi connectivity index (χ0v) is 15.8. The van der Waals surface area contributed by atoms with E-state index in [1.807, 2.05) is 0 Å². The Morgan fingerprint density at radius 3 is 2.41 bits per heavy atom. The molecule has 0 aliphatic carbocycles. The van der Waals surface area contributed by atoms with Gasteiger partial charge in [-0.15, -0.1) is 0 Å². The molecule has 0 saturated carbocycles. The molecule has 148 valence electrons. The average Bonchev–Trinajstić information content (AvgIpc) is 2.75. The van der Waals surface area contributed by atoms with Gasteiger partial charge in [0.15, 0.2) is 0 Å². The molecular formula is C22H20FN3O3. The highest BCUT2D eigenvalue weighted by Gasteiger charge is 2.10. The van der Waals surface area contributed by atoms with E-state index in [4.69, 9.17) is 0 Å². The topological polar surface area (TPSA) is 80.3 Å². The van der Waals surface area contributed by atoms with Crippen LogP contribution in [0.3, 0.4) is 0 Å². The number of anilines is 2. The Morgan fingerprint density at radius 1 is 1.00 bits per heavy atom. The van der Waals surface area contributed by atoms with Gasteiger partial charge in [0.1, 0.15) is 11.5 Å². The van der Waals surface area contributed by atoms with E-state index in [2.05, 4.69) is 20.4 Å². The number of benzene rings is 2. The van der Waals surface area contributed by atoms with E-state index < -0.39 is 5.97 Å². The molecule has 1 heterocycles. The minimum Gasteiger partial charge on any atom is -0.465 e. The number of esters is 1. The highest BCUT2D eigenvalue weighted by molar-refractivity contribution is 6.03. The van der Waals surface area contributed by atoms with Crippen molar-refractivity contribution in [2.24, 2.45) is 0 Å². The molecule has 0 radical (unpaired) electrons. The van der Waals surface area contributed by atoms with Gasteiger partial charge in [-0.1, -0.05) is 12.1 Å². The quantitative estimate of drug-likeness (QED) is 0.595. The normalized spacial score (nSPS) is 10.3. The molecule has 0 unspecified atom stereocenters. The molecule has 2 aromatic carbocycles. The first kappa shape index (κ1) is 20.0. The average molecular weight is 393 g/mol. The van der Waals surface area contributed by atoms with Gasteiger partial charge in [-0.2, -0.15) is 0 Å². The lowest BCUT2D eigenvalue weighted by Gasteiger charge is -2.09. The summed E-state index contributed by atoms with van der Waals surface area (Å²) in [6.07, 6.45) is 2.27. The molecular weight excluding hydrogens is 373 g/mol. The number of hydrogen-bond donors (Lipinski definition) is 2. The third kappa shape index (κ3) is 5.62. The third-order valence-electron chi connectivity index (χ3n) is 4.21. The van der Waals surface area contributed by atoms with E-state index in [0.717, 1.165) is 17.7 Å². The number of aromatic nitrogens is 1. The zero-order chi connectivity index (χ0) is 20.6. The number of carbonyl (C=O) groups is 2. The van der Waals surface area contributed by atoms with Crippen molar-refractivity contribution < 1.29 is 18.7 Å². The number of nitrogens with one attached hydrogen (secondary N) is 2. The second-order valence-electron chi connectivity index (χ2n) is 6.26. The van der Waals surface area contributed by atoms with Gasteiger partial charge in [0, 0.05) is 24.1 Å². The summed E-state index contributed by atoms with van der Waals surface area (Å²) in [7, 11) is 1.31. The van der Waals surface area contributed by atoms with E-state index in [1.165, 1.54) is 19.2 Å². The Bertz CT molecular complexity index is 989. The van der Waals surface area contributed by atoms with Crippen LogP contribution in [0.4, 0.5) is 15.8 Å². The summed E-state index contributed by atoms with van der Waals surface area (Å²) in [6.45, 7) is 0.631. The highest BCUT2D eigenvalue weighted by Crippen LogP contribution is 2.14. The van der Waals surface area contributed by atoms with Gasteiger partial charge in [-0.25, -0.2) is 9.18 Å². The molecule has 6 nitrogen and oxygen atoms in total. The van der Waals surface area contributed by atoms with Crippen LogP contribution >= 0.6 is 0 Å². The van der Waals surface area contributed by atoms with Crippen molar-refractivity contribution >= 4 is 23.3 Å². The Kier molecular flexibility index (Phi) is 6.52. The number of amides is 1. The maximum atomic E-state index is 12.9. The smallest absolute Gasteiger partial charge is 0.337 e. The van der Waals surface area contributed by atoms with E-state index in [9.17, 15) is 14.0 Å². The van der Waals surface area contributed by atoms with Crippen molar-refractivity contribution in [1.82, 2.24) is 4.98 Å². The number of pyridine rings is 1. The summed E-state index contributed by atoms with van der Waals surface area (Å²) in [5, 5.41) is 5.97. The summed E-state index contributed by atoms with van der Waals surface area (Å²) in [5.74, 6) is -1.06. The summed E-state index contributed by atoms with van der Waals surface area (Å²) < 4.78 is 17.6. The SMILES string of the molecule is COC(=O)c1ccc(NC(=O)c2cc(NCCc3ccc(F)cc3)ccn2)cc1. The third-order valence-corrected chi connectivity index (χ3v) is 4.21. The van der Waals surface area contributed by atoms with Gasteiger partial charge in [0.25, 0.3) is 5.91 Å². The number of hydrogen-bond acceptors (Lipinski definition) is 5. The Morgan fingerprint density at radius 2 is 1.72 bits per heavy atom. The molecule has 0 bridgehead atoms. The molecule has 0 saturated heterocycles. The van der Waals surface area contributed by atoms with Crippen LogP contribution in [0.5, 0.6) is 0 Å². The maximum absolute atomic E-state index is 12.9. The fourth-order valence-electron chi connectivity index (χ4n) is 2.67. The first-order valence-electron chi connectivity index (χ1n) is 8.99. The molecule has 0 atom stereocenters. The highest BCUT2D eigenvalue weighted by atomic mass is 19.1. The minimum atomic E-state index is -0.441. The van der Waals surface area contributed by atoms with Crippen molar-refractivity contribution in [3.8, 4) is 0 Å². The van der Waals surface area contributed by atoms with Gasteiger partial charge >= 0.3 is 5.97 Å². The number of carbonyl (C=O) groups excluding carboxylic acids is 2. The molecule has 0 fully saturated rings. The molecule has 2 N–H and O–H groups in total. The van der Waals surface area contributed by atoms with E-state index in [-0.39, 0.29) is 17.4 Å². The van der Waals surface area contributed by atoms with Crippen LogP contribution in [0.2, 0.25) is 0 Å². The first-order valence-corrected chi connectivity index (χ1v) is 8.99. The van der Waals surface area contributed by atoms with Crippen molar-refractivity contribution in [2.45, 2.75) is 6.42 Å². The Labute approximate surface area is 167 Å². The first-order chi connectivity index (χ1) is 14.0. The Hall–Kier alpha value is -3.74. The monoisotopic (exact) mass is 393 g/mol. The molecule has 1 aromatic heterocycles. The Balaban J connectivity index is 1.57. The fourth-order valence-corrected chi connectivity index (χ4v) is 2.67. The van der Waals surface area contributed by atoms with E-state index in [1.54, 1.807) is 54.7 Å². The van der Waals surface area contributed by atoms with Gasteiger partial charge in [0.05, 0.1) is 12.7 Å². The van der Waals surface area contributed by atoms with Crippen molar-refractivity contribution in [3.05, 3.63) is 89.5 Å². The van der Waals surface area contributed by atoms with Crippen LogP contribution in [0.25, 0.3) is 0 Å². The van der Waals surface area contributed by atoms with E-state index in [0.29, 0.717) is 17.8 Å². The van der Waals surface area contributed by atoms with Gasteiger partial charge < -0.3 is 15.4 Å². The summed E-state index contributed by atoms with van der Waals surface area (Å²) >= 11 is 0. The maximum Gasteiger partial charge on any atom is 0.337 e. The molecule has 3 rings (SSSR count). The van der Waals surface area contributed by atoms with Crippen molar-refractivity contribution in [3.63, 3.8) is 0 Å². The molecule has 1 amide bonds. The predicted octanol–water partition coefficient (Wildman–Crippen LogP) is 3.91. The number of halogens is 1. The lowest BCUT2D eigenvalue weighted by molar-refractivity contribution is 0.0600. The molecule has 3 aromatic rings. The van der Waals surface area contributed by atoms with Gasteiger partial charge in [-0.3, -0.25) is 9.78 Å². The van der Waals surface area contributed by atoms with Crippen LogP contribution in [0.1, 0.15) is 26.4 Å². The summed E-state index contributed by atoms with van der Waals surface area (Å²) in [6, 6.07) is 16.2. The van der Waals surface area contributed by atoms with Crippen molar-refractivity contribution in [2.75, 3.05) is 24.3 Å². The second-order valence-corrected chi connectivity index (χ2v) is 6.26. The van der Waals surface area contributed by atoms with Gasteiger partial charge in [-0.05, 0) is 60.5 Å². The van der Waals surface area contributed by atoms with Gasteiger partial charge in [0.2, 0.25) is 0 Å². The van der Waals surface area contributed by atoms with Crippen LogP contribution < -0.4 is 10.6 Å². The fraction of sp³-hybridized carbons (Fsp3) is 0.136. The number of rotatable bonds is 7. The summed E-state index contributed by atoms with van der Waals surface area (Å²) in [5.41, 5.74) is 2.97. The number of methoxy groups -OCH3 is 1. The summed E-state index contributed by atoms with van der Waals surface area (Å²) in [4.78, 5) is 28.0. The van der Waals surface area contributed by atoms with Crippen molar-refractivity contribution in [1.29, 1.82) is 0 Å².